The lowest BCUT2D eigenvalue weighted by Crippen LogP contribution is -2.11. The van der Waals surface area contributed by atoms with Gasteiger partial charge in [0, 0.05) is 0 Å². The topological polar surface area (TPSA) is 0 Å². The van der Waals surface area contributed by atoms with Crippen LogP contribution in [0, 0.1) is 18.3 Å². The van der Waals surface area contributed by atoms with E-state index in [2.05, 4.69) is 34.1 Å². The Labute approximate surface area is 155 Å². The maximum absolute atomic E-state index is 2.82. The molecule has 2 atom stereocenters. The second-order valence-corrected chi connectivity index (χ2v) is 8.05. The lowest BCUT2D eigenvalue weighted by molar-refractivity contribution is 0.371. The Bertz CT molecular complexity index is 220. The van der Waals surface area contributed by atoms with Crippen LogP contribution in [0.5, 0.6) is 0 Å². The normalized spacial score (nSPS) is 14.0. The van der Waals surface area contributed by atoms with Gasteiger partial charge in [-0.1, -0.05) is 137 Å². The van der Waals surface area contributed by atoms with Crippen LogP contribution in [0.4, 0.5) is 0 Å². The van der Waals surface area contributed by atoms with Gasteiger partial charge in [-0.25, -0.2) is 0 Å². The molecule has 0 aromatic heterocycles. The van der Waals surface area contributed by atoms with Crippen LogP contribution < -0.4 is 0 Å². The van der Waals surface area contributed by atoms with Crippen molar-refractivity contribution in [3.05, 3.63) is 6.42 Å². The van der Waals surface area contributed by atoms with Gasteiger partial charge >= 0.3 is 0 Å². The SMILES string of the molecule is CCCCCCCC([CH]C(CCCC)CCCCCC)CCCC. The summed E-state index contributed by atoms with van der Waals surface area (Å²) in [6.45, 7) is 9.32. The molecule has 0 heterocycles. The molecule has 0 aliphatic carbocycles. The summed E-state index contributed by atoms with van der Waals surface area (Å²) >= 11 is 0. The van der Waals surface area contributed by atoms with Crippen LogP contribution in [0.2, 0.25) is 0 Å². The first-order valence-electron chi connectivity index (χ1n) is 11.6. The molecule has 0 aromatic rings. The van der Waals surface area contributed by atoms with Crippen molar-refractivity contribution in [3.63, 3.8) is 0 Å². The molecular weight excluding hydrogens is 288 g/mol. The summed E-state index contributed by atoms with van der Waals surface area (Å²) in [6, 6.07) is 0. The van der Waals surface area contributed by atoms with Crippen molar-refractivity contribution < 1.29 is 0 Å². The van der Waals surface area contributed by atoms with E-state index < -0.39 is 0 Å². The quantitative estimate of drug-likeness (QED) is 0.206. The van der Waals surface area contributed by atoms with Gasteiger partial charge < -0.3 is 0 Å². The molecule has 0 bridgehead atoms. The molecule has 0 spiro atoms. The minimum Gasteiger partial charge on any atom is -0.0654 e. The highest BCUT2D eigenvalue weighted by Crippen LogP contribution is 2.29. The summed E-state index contributed by atoms with van der Waals surface area (Å²) in [5, 5.41) is 0. The Morgan fingerprint density at radius 1 is 0.417 bits per heavy atom. The van der Waals surface area contributed by atoms with Crippen molar-refractivity contribution in [2.75, 3.05) is 0 Å². The zero-order valence-corrected chi connectivity index (χ0v) is 17.8. The molecule has 0 saturated heterocycles. The summed E-state index contributed by atoms with van der Waals surface area (Å²) in [5.41, 5.74) is 0. The smallest absolute Gasteiger partial charge is 0.0324 e. The van der Waals surface area contributed by atoms with Crippen LogP contribution in [0.1, 0.15) is 137 Å². The maximum atomic E-state index is 2.82. The van der Waals surface area contributed by atoms with Crippen LogP contribution in [-0.4, -0.2) is 0 Å². The molecule has 0 aromatic carbocycles. The van der Waals surface area contributed by atoms with E-state index in [1.807, 2.05) is 0 Å². The minimum absolute atomic E-state index is 0.902. The molecule has 1 radical (unpaired) electrons. The Hall–Kier alpha value is 0. The van der Waals surface area contributed by atoms with Crippen molar-refractivity contribution in [2.24, 2.45) is 11.8 Å². The highest BCUT2D eigenvalue weighted by atomic mass is 14.2. The Morgan fingerprint density at radius 2 is 0.750 bits per heavy atom. The first-order valence-corrected chi connectivity index (χ1v) is 11.6. The zero-order valence-electron chi connectivity index (χ0n) is 17.8. The van der Waals surface area contributed by atoms with E-state index in [9.17, 15) is 0 Å². The molecule has 0 amide bonds. The van der Waals surface area contributed by atoms with Crippen LogP contribution in [0.25, 0.3) is 0 Å². The minimum atomic E-state index is 0.902. The lowest BCUT2D eigenvalue weighted by Gasteiger charge is -2.24. The van der Waals surface area contributed by atoms with E-state index in [0.29, 0.717) is 0 Å². The zero-order chi connectivity index (χ0) is 17.9. The summed E-state index contributed by atoms with van der Waals surface area (Å²) < 4.78 is 0. The highest BCUT2D eigenvalue weighted by molar-refractivity contribution is 4.84. The average molecular weight is 338 g/mol. The second kappa shape index (κ2) is 19.3. The Kier molecular flexibility index (Phi) is 19.3. The third-order valence-corrected chi connectivity index (χ3v) is 5.51. The Balaban J connectivity index is 4.23. The molecule has 0 heteroatoms. The fourth-order valence-corrected chi connectivity index (χ4v) is 3.83. The molecule has 0 rings (SSSR count). The van der Waals surface area contributed by atoms with Crippen molar-refractivity contribution in [3.8, 4) is 0 Å². The molecule has 0 aliphatic heterocycles. The van der Waals surface area contributed by atoms with E-state index in [1.54, 1.807) is 0 Å². The molecule has 0 nitrogen and oxygen atoms in total. The lowest BCUT2D eigenvalue weighted by atomic mass is 9.82. The predicted octanol–water partition coefficient (Wildman–Crippen LogP) is 9.13. The predicted molar refractivity (Wildman–Crippen MR) is 112 cm³/mol. The number of unbranched alkanes of at least 4 members (excludes halogenated alkanes) is 9. The van der Waals surface area contributed by atoms with E-state index in [1.165, 1.54) is 109 Å². The molecule has 0 fully saturated rings. The van der Waals surface area contributed by atoms with Crippen molar-refractivity contribution >= 4 is 0 Å². The number of hydrogen-bond acceptors (Lipinski definition) is 0. The summed E-state index contributed by atoms with van der Waals surface area (Å²) in [7, 11) is 0. The van der Waals surface area contributed by atoms with E-state index in [0.717, 1.165) is 11.8 Å². The van der Waals surface area contributed by atoms with Crippen molar-refractivity contribution in [1.29, 1.82) is 0 Å². The first kappa shape index (κ1) is 24.0. The maximum Gasteiger partial charge on any atom is -0.0324 e. The largest absolute Gasteiger partial charge is 0.0654 e. The van der Waals surface area contributed by atoms with Gasteiger partial charge in [0.05, 0.1) is 0 Å². The summed E-state index contributed by atoms with van der Waals surface area (Å²) in [5.74, 6) is 1.80. The second-order valence-electron chi connectivity index (χ2n) is 8.05. The highest BCUT2D eigenvalue weighted by Gasteiger charge is 2.16. The van der Waals surface area contributed by atoms with Crippen molar-refractivity contribution in [2.45, 2.75) is 137 Å². The summed E-state index contributed by atoms with van der Waals surface area (Å²) in [4.78, 5) is 0. The third kappa shape index (κ3) is 15.5. The molecule has 0 saturated carbocycles. The molecule has 0 aliphatic rings. The van der Waals surface area contributed by atoms with Gasteiger partial charge in [-0.05, 0) is 18.3 Å². The van der Waals surface area contributed by atoms with Crippen molar-refractivity contribution in [1.82, 2.24) is 0 Å². The van der Waals surface area contributed by atoms with Gasteiger partial charge in [-0.3, -0.25) is 0 Å². The van der Waals surface area contributed by atoms with Gasteiger partial charge in [-0.2, -0.15) is 0 Å². The average Bonchev–Trinajstić information content (AvgIpc) is 2.60. The fourth-order valence-electron chi connectivity index (χ4n) is 3.83. The van der Waals surface area contributed by atoms with Crippen LogP contribution in [0.3, 0.4) is 0 Å². The fraction of sp³-hybridized carbons (Fsp3) is 0.958. The molecule has 2 unspecified atom stereocenters. The molecular formula is C24H49. The number of rotatable bonds is 19. The molecule has 145 valence electrons. The first-order chi connectivity index (χ1) is 11.8. The van der Waals surface area contributed by atoms with Gasteiger partial charge in [0.25, 0.3) is 0 Å². The number of hydrogen-bond donors (Lipinski definition) is 0. The Morgan fingerprint density at radius 3 is 1.17 bits per heavy atom. The van der Waals surface area contributed by atoms with Crippen LogP contribution in [-0.2, 0) is 0 Å². The van der Waals surface area contributed by atoms with Crippen LogP contribution in [0.15, 0.2) is 0 Å². The van der Waals surface area contributed by atoms with Gasteiger partial charge in [0.1, 0.15) is 0 Å². The van der Waals surface area contributed by atoms with E-state index in [4.69, 9.17) is 0 Å². The molecule has 0 N–H and O–H groups in total. The summed E-state index contributed by atoms with van der Waals surface area (Å²) in [6.07, 6.45) is 27.0. The van der Waals surface area contributed by atoms with Crippen LogP contribution >= 0.6 is 0 Å². The van der Waals surface area contributed by atoms with E-state index >= 15 is 0 Å². The van der Waals surface area contributed by atoms with Gasteiger partial charge in [0.2, 0.25) is 0 Å². The van der Waals surface area contributed by atoms with Gasteiger partial charge in [0.15, 0.2) is 0 Å². The molecule has 24 heavy (non-hydrogen) atoms. The van der Waals surface area contributed by atoms with Gasteiger partial charge in [-0.15, -0.1) is 0 Å². The standard InChI is InChI=1S/C24H49/c1-5-9-13-15-17-21-24(19-12-8-4)22-23(18-11-7-3)20-16-14-10-6-2/h22-24H,5-21H2,1-4H3. The van der Waals surface area contributed by atoms with E-state index in [-0.39, 0.29) is 0 Å². The third-order valence-electron chi connectivity index (χ3n) is 5.51. The monoisotopic (exact) mass is 337 g/mol.